The molecule has 1 aromatic carbocycles. The van der Waals surface area contributed by atoms with Gasteiger partial charge in [-0.05, 0) is 6.07 Å². The zero-order chi connectivity index (χ0) is 15.5. The molecule has 1 saturated heterocycles. The van der Waals surface area contributed by atoms with Gasteiger partial charge in [0.2, 0.25) is 5.13 Å². The van der Waals surface area contributed by atoms with Crippen molar-refractivity contribution in [1.82, 2.24) is 10.2 Å². The summed E-state index contributed by atoms with van der Waals surface area (Å²) < 4.78 is 17.7. The van der Waals surface area contributed by atoms with E-state index >= 15 is 0 Å². The Bertz CT molecular complexity index is 674. The van der Waals surface area contributed by atoms with Crippen LogP contribution in [0.25, 0.3) is 0 Å². The average Bonchev–Trinajstić information content (AvgIpc) is 3.10. The van der Waals surface area contributed by atoms with Gasteiger partial charge in [0.25, 0.3) is 0 Å². The Morgan fingerprint density at radius 1 is 1.09 bits per heavy atom. The van der Waals surface area contributed by atoms with Crippen LogP contribution in [0.1, 0.15) is 5.56 Å². The lowest BCUT2D eigenvalue weighted by atomic mass is 10.2. The van der Waals surface area contributed by atoms with Gasteiger partial charge in [-0.1, -0.05) is 35.2 Å². The van der Waals surface area contributed by atoms with Crippen LogP contribution in [0.3, 0.4) is 0 Å². The quantitative estimate of drug-likeness (QED) is 0.784. The van der Waals surface area contributed by atoms with E-state index < -0.39 is 0 Å². The fourth-order valence-corrected chi connectivity index (χ4v) is 4.40. The number of rotatable bonds is 4. The fourth-order valence-electron chi connectivity index (χ4n) is 2.53. The van der Waals surface area contributed by atoms with Crippen LogP contribution >= 0.6 is 23.1 Å². The number of nitrogens with zero attached hydrogens (tertiary/aromatic N) is 3. The van der Waals surface area contributed by atoms with Gasteiger partial charge in [0.15, 0.2) is 15.8 Å². The topological polar surface area (TPSA) is 56.7 Å². The first-order valence-electron chi connectivity index (χ1n) is 7.56. The van der Waals surface area contributed by atoms with Crippen molar-refractivity contribution in [3.8, 4) is 11.5 Å². The molecule has 0 atom stereocenters. The first-order valence-corrected chi connectivity index (χ1v) is 9.37. The highest BCUT2D eigenvalue weighted by Crippen LogP contribution is 2.38. The molecule has 0 aliphatic carbocycles. The molecule has 0 N–H and O–H groups in total. The van der Waals surface area contributed by atoms with Crippen LogP contribution in [-0.4, -0.2) is 49.7 Å². The molecule has 0 radical (unpaired) electrons. The molecular formula is C15H17N3O3S2. The second-order valence-corrected chi connectivity index (χ2v) is 7.36. The van der Waals surface area contributed by atoms with E-state index in [9.17, 15) is 0 Å². The molecular weight excluding hydrogens is 334 g/mol. The largest absolute Gasteiger partial charge is 0.486 e. The van der Waals surface area contributed by atoms with Gasteiger partial charge in [-0.25, -0.2) is 0 Å². The molecule has 2 aliphatic rings. The lowest BCUT2D eigenvalue weighted by Gasteiger charge is -2.25. The normalized spacial score (nSPS) is 17.3. The maximum atomic E-state index is 5.75. The number of morpholine rings is 1. The van der Waals surface area contributed by atoms with E-state index in [1.807, 2.05) is 12.1 Å². The molecule has 0 spiro atoms. The highest BCUT2D eigenvalue weighted by atomic mass is 32.2. The summed E-state index contributed by atoms with van der Waals surface area (Å²) in [6, 6.07) is 6.03. The predicted molar refractivity (Wildman–Crippen MR) is 89.9 cm³/mol. The number of aromatic nitrogens is 2. The van der Waals surface area contributed by atoms with Crippen molar-refractivity contribution in [3.63, 3.8) is 0 Å². The Kier molecular flexibility index (Phi) is 4.54. The van der Waals surface area contributed by atoms with Crippen molar-refractivity contribution in [2.45, 2.75) is 10.1 Å². The standard InChI is InChI=1S/C15H17N3O3S2/c1-2-11(13-12(3-1)20-8-9-21-13)10-22-15-17-16-14(23-15)18-4-6-19-7-5-18/h1-3H,4-10H2. The molecule has 4 rings (SSSR count). The molecule has 1 fully saturated rings. The number of benzene rings is 1. The molecule has 2 aliphatic heterocycles. The van der Waals surface area contributed by atoms with Crippen molar-refractivity contribution < 1.29 is 14.2 Å². The Morgan fingerprint density at radius 2 is 1.96 bits per heavy atom. The maximum absolute atomic E-state index is 5.75. The number of hydrogen-bond donors (Lipinski definition) is 0. The molecule has 0 unspecified atom stereocenters. The minimum absolute atomic E-state index is 0.606. The van der Waals surface area contributed by atoms with Crippen molar-refractivity contribution in [3.05, 3.63) is 23.8 Å². The molecule has 122 valence electrons. The molecule has 0 bridgehead atoms. The molecule has 2 aromatic rings. The third-order valence-electron chi connectivity index (χ3n) is 3.68. The summed E-state index contributed by atoms with van der Waals surface area (Å²) in [4.78, 5) is 2.23. The van der Waals surface area contributed by atoms with Crippen LogP contribution in [0, 0.1) is 0 Å². The predicted octanol–water partition coefficient (Wildman–Crippen LogP) is 2.44. The van der Waals surface area contributed by atoms with Crippen molar-refractivity contribution in [1.29, 1.82) is 0 Å². The molecule has 0 amide bonds. The van der Waals surface area contributed by atoms with E-state index in [4.69, 9.17) is 14.2 Å². The summed E-state index contributed by atoms with van der Waals surface area (Å²) in [5, 5.41) is 9.57. The summed E-state index contributed by atoms with van der Waals surface area (Å²) in [5.74, 6) is 2.49. The highest BCUT2D eigenvalue weighted by Gasteiger charge is 2.18. The number of ether oxygens (including phenoxy) is 3. The second-order valence-electron chi connectivity index (χ2n) is 5.18. The monoisotopic (exact) mass is 351 g/mol. The van der Waals surface area contributed by atoms with Crippen LogP contribution < -0.4 is 14.4 Å². The molecule has 23 heavy (non-hydrogen) atoms. The second kappa shape index (κ2) is 6.94. The lowest BCUT2D eigenvalue weighted by molar-refractivity contribution is 0.122. The van der Waals surface area contributed by atoms with E-state index in [1.54, 1.807) is 23.1 Å². The van der Waals surface area contributed by atoms with Gasteiger partial charge in [-0.3, -0.25) is 0 Å². The molecule has 6 nitrogen and oxygen atoms in total. The van der Waals surface area contributed by atoms with Crippen LogP contribution in [0.2, 0.25) is 0 Å². The average molecular weight is 351 g/mol. The zero-order valence-corrected chi connectivity index (χ0v) is 14.2. The molecule has 0 saturated carbocycles. The van der Waals surface area contributed by atoms with E-state index in [2.05, 4.69) is 21.2 Å². The molecule has 1 aromatic heterocycles. The van der Waals surface area contributed by atoms with Gasteiger partial charge in [0, 0.05) is 24.4 Å². The highest BCUT2D eigenvalue weighted by molar-refractivity contribution is 8.00. The number of anilines is 1. The third-order valence-corrected chi connectivity index (χ3v) is 5.84. The molecule has 8 heteroatoms. The van der Waals surface area contributed by atoms with Gasteiger partial charge in [-0.15, -0.1) is 10.2 Å². The number of hydrogen-bond acceptors (Lipinski definition) is 8. The van der Waals surface area contributed by atoms with Crippen LogP contribution in [-0.2, 0) is 10.5 Å². The number of para-hydroxylation sites is 1. The zero-order valence-electron chi connectivity index (χ0n) is 12.6. The number of thioether (sulfide) groups is 1. The van der Waals surface area contributed by atoms with Gasteiger partial charge < -0.3 is 19.1 Å². The SMILES string of the molecule is c1cc(CSc2nnc(N3CCOCC3)s2)c2c(c1)OCCO2. The Morgan fingerprint density at radius 3 is 2.87 bits per heavy atom. The maximum Gasteiger partial charge on any atom is 0.209 e. The van der Waals surface area contributed by atoms with E-state index in [0.29, 0.717) is 13.2 Å². The minimum Gasteiger partial charge on any atom is -0.486 e. The van der Waals surface area contributed by atoms with E-state index in [1.165, 1.54) is 0 Å². The van der Waals surface area contributed by atoms with Crippen molar-refractivity contribution in [2.24, 2.45) is 0 Å². The van der Waals surface area contributed by atoms with Crippen LogP contribution in [0.5, 0.6) is 11.5 Å². The van der Waals surface area contributed by atoms with Crippen molar-refractivity contribution in [2.75, 3.05) is 44.4 Å². The Hall–Kier alpha value is -1.51. The summed E-state index contributed by atoms with van der Waals surface area (Å²) in [5.41, 5.74) is 1.13. The summed E-state index contributed by atoms with van der Waals surface area (Å²) in [7, 11) is 0. The number of fused-ring (bicyclic) bond motifs is 1. The van der Waals surface area contributed by atoms with E-state index in [-0.39, 0.29) is 0 Å². The van der Waals surface area contributed by atoms with Crippen LogP contribution in [0.15, 0.2) is 22.5 Å². The first kappa shape index (κ1) is 15.0. The smallest absolute Gasteiger partial charge is 0.209 e. The Labute approximate surface area is 142 Å². The van der Waals surface area contributed by atoms with E-state index in [0.717, 1.165) is 58.6 Å². The summed E-state index contributed by atoms with van der Waals surface area (Å²) in [6.45, 7) is 4.51. The molecule has 3 heterocycles. The fraction of sp³-hybridized carbons (Fsp3) is 0.467. The third kappa shape index (κ3) is 3.39. The first-order chi connectivity index (χ1) is 11.4. The van der Waals surface area contributed by atoms with Crippen LogP contribution in [0.4, 0.5) is 5.13 Å². The van der Waals surface area contributed by atoms with Gasteiger partial charge in [-0.2, -0.15) is 0 Å². The Balaban J connectivity index is 1.42. The van der Waals surface area contributed by atoms with Gasteiger partial charge in [0.1, 0.15) is 13.2 Å². The summed E-state index contributed by atoms with van der Waals surface area (Å²) in [6.07, 6.45) is 0. The lowest BCUT2D eigenvalue weighted by Crippen LogP contribution is -2.36. The summed E-state index contributed by atoms with van der Waals surface area (Å²) >= 11 is 3.32. The van der Waals surface area contributed by atoms with Gasteiger partial charge in [0.05, 0.1) is 13.2 Å². The van der Waals surface area contributed by atoms with Gasteiger partial charge >= 0.3 is 0 Å². The van der Waals surface area contributed by atoms with Crippen molar-refractivity contribution >= 4 is 28.2 Å². The minimum atomic E-state index is 0.606.